The highest BCUT2D eigenvalue weighted by atomic mass is 32.1. The van der Waals surface area contributed by atoms with Gasteiger partial charge in [-0.2, -0.15) is 0 Å². The molecule has 8 heteroatoms. The molecule has 2 aromatic carbocycles. The quantitative estimate of drug-likeness (QED) is 0.502. The van der Waals surface area contributed by atoms with E-state index in [1.165, 1.54) is 18.4 Å². The van der Waals surface area contributed by atoms with Crippen LogP contribution in [0, 0.1) is 0 Å². The molecule has 0 spiro atoms. The lowest BCUT2D eigenvalue weighted by Gasteiger charge is -2.11. The highest BCUT2D eigenvalue weighted by Gasteiger charge is 2.15. The molecule has 7 nitrogen and oxygen atoms in total. The molecule has 0 atom stereocenters. The number of aromatic nitrogens is 1. The van der Waals surface area contributed by atoms with E-state index < -0.39 is 0 Å². The van der Waals surface area contributed by atoms with Crippen molar-refractivity contribution >= 4 is 22.4 Å². The molecular formula is C22H22N2O5S. The molecule has 3 aromatic rings. The molecule has 3 rings (SSSR count). The predicted molar refractivity (Wildman–Crippen MR) is 117 cm³/mol. The zero-order valence-corrected chi connectivity index (χ0v) is 17.7. The van der Waals surface area contributed by atoms with Crippen molar-refractivity contribution in [2.45, 2.75) is 0 Å². The lowest BCUT2D eigenvalue weighted by Crippen LogP contribution is -2.12. The number of methoxy groups -OCH3 is 3. The number of hydrogen-bond acceptors (Lipinski definition) is 7. The Morgan fingerprint density at radius 1 is 1.07 bits per heavy atom. The fourth-order valence-corrected chi connectivity index (χ4v) is 3.42. The average molecular weight is 426 g/mol. The second kappa shape index (κ2) is 9.80. The van der Waals surface area contributed by atoms with Gasteiger partial charge in [0.1, 0.15) is 18.1 Å². The summed E-state index contributed by atoms with van der Waals surface area (Å²) in [5.41, 5.74) is 1.88. The first-order chi connectivity index (χ1) is 14.6. The number of carbonyl (C=O) groups is 1. The van der Waals surface area contributed by atoms with Crippen molar-refractivity contribution in [1.29, 1.82) is 0 Å². The van der Waals surface area contributed by atoms with Crippen LogP contribution in [0.5, 0.6) is 23.0 Å². The molecule has 0 fully saturated rings. The van der Waals surface area contributed by atoms with Crippen LogP contribution in [0.4, 0.5) is 5.13 Å². The zero-order valence-electron chi connectivity index (χ0n) is 16.9. The summed E-state index contributed by atoms with van der Waals surface area (Å²) in [6.07, 6.45) is 1.64. The molecule has 1 aromatic heterocycles. The van der Waals surface area contributed by atoms with E-state index in [2.05, 4.69) is 16.9 Å². The van der Waals surface area contributed by atoms with E-state index in [0.29, 0.717) is 46.0 Å². The second-order valence-corrected chi connectivity index (χ2v) is 6.88. The topological polar surface area (TPSA) is 78.9 Å². The minimum Gasteiger partial charge on any atom is -0.497 e. The van der Waals surface area contributed by atoms with Crippen LogP contribution in [0.1, 0.15) is 10.4 Å². The number of amides is 1. The molecule has 156 valence electrons. The molecule has 0 aliphatic heterocycles. The Balaban J connectivity index is 1.79. The van der Waals surface area contributed by atoms with Gasteiger partial charge in [-0.25, -0.2) is 4.98 Å². The number of hydrogen-bond donors (Lipinski definition) is 1. The molecule has 0 aliphatic rings. The molecule has 1 heterocycles. The number of ether oxygens (including phenoxy) is 4. The van der Waals surface area contributed by atoms with Crippen molar-refractivity contribution in [3.05, 3.63) is 60.0 Å². The summed E-state index contributed by atoms with van der Waals surface area (Å²) >= 11 is 1.32. The van der Waals surface area contributed by atoms with Crippen molar-refractivity contribution in [1.82, 2.24) is 4.98 Å². The molecular weight excluding hydrogens is 404 g/mol. The molecule has 0 bridgehead atoms. The standard InChI is InChI=1S/C22H22N2O5S/c1-5-10-29-19-8-6-14(11-20(19)28-4)21(25)24-22-23-17(13-30-22)16-12-15(26-2)7-9-18(16)27-3/h5-9,11-13H,1,10H2,2-4H3,(H,23,24,25). The maximum absolute atomic E-state index is 12.7. The number of rotatable bonds is 9. The van der Waals surface area contributed by atoms with Crippen LogP contribution in [-0.4, -0.2) is 38.8 Å². The van der Waals surface area contributed by atoms with Gasteiger partial charge in [0.15, 0.2) is 16.6 Å². The highest BCUT2D eigenvalue weighted by molar-refractivity contribution is 7.14. The largest absolute Gasteiger partial charge is 0.497 e. The first-order valence-corrected chi connectivity index (χ1v) is 9.88. The van der Waals surface area contributed by atoms with Crippen LogP contribution >= 0.6 is 11.3 Å². The normalized spacial score (nSPS) is 10.2. The Bertz CT molecular complexity index is 1050. The monoisotopic (exact) mass is 426 g/mol. The predicted octanol–water partition coefficient (Wildman–Crippen LogP) is 4.65. The number of anilines is 1. The third-order valence-electron chi connectivity index (χ3n) is 4.19. The average Bonchev–Trinajstić information content (AvgIpc) is 3.25. The van der Waals surface area contributed by atoms with Crippen molar-refractivity contribution in [3.8, 4) is 34.3 Å². The molecule has 30 heavy (non-hydrogen) atoms. The van der Waals surface area contributed by atoms with E-state index in [4.69, 9.17) is 18.9 Å². The summed E-state index contributed by atoms with van der Waals surface area (Å²) in [6, 6.07) is 10.4. The maximum atomic E-state index is 12.7. The summed E-state index contributed by atoms with van der Waals surface area (Å²) in [5, 5.41) is 5.12. The van der Waals surface area contributed by atoms with Crippen molar-refractivity contribution in [3.63, 3.8) is 0 Å². The maximum Gasteiger partial charge on any atom is 0.257 e. The van der Waals surface area contributed by atoms with E-state index >= 15 is 0 Å². The van der Waals surface area contributed by atoms with E-state index in [-0.39, 0.29) is 5.91 Å². The molecule has 0 radical (unpaired) electrons. The first-order valence-electron chi connectivity index (χ1n) is 9.00. The van der Waals surface area contributed by atoms with Crippen LogP contribution in [-0.2, 0) is 0 Å². The summed E-state index contributed by atoms with van der Waals surface area (Å²) in [5.74, 6) is 2.05. The van der Waals surface area contributed by atoms with Crippen LogP contribution in [0.15, 0.2) is 54.4 Å². The minimum absolute atomic E-state index is 0.304. The number of carbonyl (C=O) groups excluding carboxylic acids is 1. The Hall–Kier alpha value is -3.52. The lowest BCUT2D eigenvalue weighted by molar-refractivity contribution is 0.102. The van der Waals surface area contributed by atoms with Gasteiger partial charge >= 0.3 is 0 Å². The van der Waals surface area contributed by atoms with Crippen LogP contribution in [0.3, 0.4) is 0 Å². The number of thiazole rings is 1. The summed E-state index contributed by atoms with van der Waals surface area (Å²) in [6.45, 7) is 3.96. The molecule has 1 N–H and O–H groups in total. The van der Waals surface area contributed by atoms with Crippen LogP contribution < -0.4 is 24.3 Å². The third kappa shape index (κ3) is 4.72. The molecule has 1 amide bonds. The third-order valence-corrected chi connectivity index (χ3v) is 4.95. The van der Waals surface area contributed by atoms with Gasteiger partial charge in [0.05, 0.1) is 27.0 Å². The smallest absolute Gasteiger partial charge is 0.257 e. The Kier molecular flexibility index (Phi) is 6.92. The van der Waals surface area contributed by atoms with Crippen molar-refractivity contribution in [2.24, 2.45) is 0 Å². The number of nitrogens with zero attached hydrogens (tertiary/aromatic N) is 1. The van der Waals surface area contributed by atoms with E-state index in [1.54, 1.807) is 38.5 Å². The van der Waals surface area contributed by atoms with Crippen molar-refractivity contribution < 1.29 is 23.7 Å². The number of nitrogens with one attached hydrogen (secondary N) is 1. The fourth-order valence-electron chi connectivity index (χ4n) is 2.72. The van der Waals surface area contributed by atoms with Crippen LogP contribution in [0.25, 0.3) is 11.3 Å². The Morgan fingerprint density at radius 2 is 1.83 bits per heavy atom. The molecule has 0 unspecified atom stereocenters. The fraction of sp³-hybridized carbons (Fsp3) is 0.182. The minimum atomic E-state index is -0.304. The van der Waals surface area contributed by atoms with E-state index in [9.17, 15) is 4.79 Å². The van der Waals surface area contributed by atoms with Gasteiger partial charge in [-0.15, -0.1) is 11.3 Å². The Morgan fingerprint density at radius 3 is 2.53 bits per heavy atom. The summed E-state index contributed by atoms with van der Waals surface area (Å²) < 4.78 is 21.5. The lowest BCUT2D eigenvalue weighted by atomic mass is 10.1. The van der Waals surface area contributed by atoms with Crippen LogP contribution in [0.2, 0.25) is 0 Å². The van der Waals surface area contributed by atoms with Gasteiger partial charge < -0.3 is 18.9 Å². The summed E-state index contributed by atoms with van der Waals surface area (Å²) in [7, 11) is 4.71. The molecule has 0 saturated carbocycles. The Labute approximate surface area is 178 Å². The van der Waals surface area contributed by atoms with Gasteiger partial charge in [-0.3, -0.25) is 10.1 Å². The second-order valence-electron chi connectivity index (χ2n) is 6.02. The summed E-state index contributed by atoms with van der Waals surface area (Å²) in [4.78, 5) is 17.2. The SMILES string of the molecule is C=CCOc1ccc(C(=O)Nc2nc(-c3cc(OC)ccc3OC)cs2)cc1OC. The van der Waals surface area contributed by atoms with Gasteiger partial charge in [0, 0.05) is 16.5 Å². The highest BCUT2D eigenvalue weighted by Crippen LogP contribution is 2.35. The first kappa shape index (κ1) is 21.2. The van der Waals surface area contributed by atoms with Gasteiger partial charge in [0.2, 0.25) is 0 Å². The molecule has 0 saturated heterocycles. The zero-order chi connectivity index (χ0) is 21.5. The number of benzene rings is 2. The van der Waals surface area contributed by atoms with Gasteiger partial charge in [0.25, 0.3) is 5.91 Å². The van der Waals surface area contributed by atoms with Gasteiger partial charge in [-0.05, 0) is 36.4 Å². The van der Waals surface area contributed by atoms with E-state index in [0.717, 1.165) is 5.56 Å². The van der Waals surface area contributed by atoms with Crippen molar-refractivity contribution in [2.75, 3.05) is 33.3 Å². The van der Waals surface area contributed by atoms with Gasteiger partial charge in [-0.1, -0.05) is 12.7 Å². The molecule has 0 aliphatic carbocycles. The van der Waals surface area contributed by atoms with E-state index in [1.807, 2.05) is 23.6 Å².